The van der Waals surface area contributed by atoms with Crippen molar-refractivity contribution in [2.45, 2.75) is 55.6 Å². The lowest BCUT2D eigenvalue weighted by Gasteiger charge is -2.39. The number of hydrogen-bond donors (Lipinski definition) is 9. The summed E-state index contributed by atoms with van der Waals surface area (Å²) in [4.78, 5) is 35.1. The van der Waals surface area contributed by atoms with Crippen LogP contribution in [0.15, 0.2) is 35.6 Å². The lowest BCUT2D eigenvalue weighted by Crippen LogP contribution is -3.11. The maximum atomic E-state index is 11.9. The fourth-order valence-electron chi connectivity index (χ4n) is 4.89. The van der Waals surface area contributed by atoms with Crippen molar-refractivity contribution < 1.29 is 69.6 Å². The number of carbonyl (C=O) groups excluding carboxylic acids is 1. The molecule has 8 atom stereocenters. The number of fused-ring (bicyclic) bond motifs is 1. The summed E-state index contributed by atoms with van der Waals surface area (Å²) >= 11 is 0. The molecule has 0 radical (unpaired) electrons. The van der Waals surface area contributed by atoms with Crippen molar-refractivity contribution in [1.29, 1.82) is 0 Å². The van der Waals surface area contributed by atoms with E-state index in [0.717, 1.165) is 0 Å². The molecule has 212 valence electrons. The lowest BCUT2D eigenvalue weighted by atomic mass is 9.99. The van der Waals surface area contributed by atoms with Crippen molar-refractivity contribution in [2.24, 2.45) is 0 Å². The molecule has 3 aliphatic heterocycles. The van der Waals surface area contributed by atoms with Gasteiger partial charge in [0.2, 0.25) is 6.29 Å². The molecular formula is C24H28N2O13. The summed E-state index contributed by atoms with van der Waals surface area (Å²) < 4.78 is 10.9. The first-order valence-corrected chi connectivity index (χ1v) is 11.9. The number of ether oxygens (including phenoxy) is 2. The Morgan fingerprint density at radius 1 is 1.13 bits per heavy atom. The van der Waals surface area contributed by atoms with Gasteiger partial charge >= 0.3 is 11.9 Å². The molecule has 1 saturated heterocycles. The first-order chi connectivity index (χ1) is 18.4. The normalized spacial score (nSPS) is 33.1. The Balaban J connectivity index is 1.62. The fourth-order valence-corrected chi connectivity index (χ4v) is 4.89. The van der Waals surface area contributed by atoms with E-state index in [1.54, 1.807) is 0 Å². The number of quaternary nitrogens is 1. The Hall–Kier alpha value is -3.73. The molecule has 0 amide bonds. The first-order valence-electron chi connectivity index (χ1n) is 11.9. The second kappa shape index (κ2) is 11.2. The molecule has 0 aliphatic carbocycles. The van der Waals surface area contributed by atoms with Gasteiger partial charge in [0.1, 0.15) is 60.4 Å². The standard InChI is InChI=1S/C24H28N2O13/c27-8-17-18(29)19(30)20(31)24(39-17)38-16-7-13-10(6-15(16)28)5-14(23(36)37)26(13)2-1-9-3-11(21(32)33)25-12(4-9)22(34)35/h1,3,6-7,12,14,17-20,24-25,27-31H,2,4-5,8H2,(H,32,33)(H,34,35)(H,36,37)/t12-,14-,17+,18+,19-,20+,24-/m0/s1. The van der Waals surface area contributed by atoms with Gasteiger partial charge in [0.25, 0.3) is 0 Å². The molecule has 1 unspecified atom stereocenters. The number of allylic oxidation sites excluding steroid dienone is 1. The van der Waals surface area contributed by atoms with Crippen LogP contribution in [-0.2, 0) is 25.5 Å². The number of hydrogen-bond acceptors (Lipinski definition) is 12. The summed E-state index contributed by atoms with van der Waals surface area (Å²) in [6.07, 6.45) is -5.26. The molecule has 0 saturated carbocycles. The van der Waals surface area contributed by atoms with Gasteiger partial charge in [-0.15, -0.1) is 0 Å². The van der Waals surface area contributed by atoms with E-state index in [1.165, 1.54) is 24.3 Å². The predicted molar refractivity (Wildman–Crippen MR) is 123 cm³/mol. The van der Waals surface area contributed by atoms with Crippen LogP contribution in [0.2, 0.25) is 0 Å². The van der Waals surface area contributed by atoms with Crippen molar-refractivity contribution in [2.75, 3.05) is 13.2 Å². The van der Waals surface area contributed by atoms with Crippen LogP contribution in [0.25, 0.3) is 0 Å². The van der Waals surface area contributed by atoms with E-state index >= 15 is 0 Å². The van der Waals surface area contributed by atoms with Gasteiger partial charge in [-0.25, -0.2) is 9.59 Å². The van der Waals surface area contributed by atoms with Crippen LogP contribution in [0.4, 0.5) is 5.69 Å². The minimum atomic E-state index is -1.75. The number of aliphatic hydroxyl groups excluding tert-OH is 4. The SMILES string of the molecule is O=C(O)C1=CC(=CC[NH+]2c3cc(O[C@H]4O[C@H](CO)[C@@H](O)[C@H](O)[C@H]4O)c(O)cc3C[C@H]2C(=O)[O-])C[C@@H](C(=O)O)N1. The number of phenolic OH excluding ortho intramolecular Hbond substituents is 1. The number of aliphatic carboxylic acids is 3. The highest BCUT2D eigenvalue weighted by Gasteiger charge is 2.45. The first kappa shape index (κ1) is 28.3. The average molecular weight is 552 g/mol. The number of phenols is 1. The molecule has 3 heterocycles. The van der Waals surface area contributed by atoms with Gasteiger partial charge in [-0.2, -0.15) is 0 Å². The number of rotatable bonds is 8. The fraction of sp³-hybridized carbons (Fsp3) is 0.458. The Labute approximate surface area is 220 Å². The molecule has 1 aromatic rings. The molecule has 0 aromatic heterocycles. The molecule has 3 aliphatic rings. The lowest BCUT2D eigenvalue weighted by molar-refractivity contribution is -0.840. The van der Waals surface area contributed by atoms with Crippen LogP contribution in [0.3, 0.4) is 0 Å². The number of carboxylic acids is 3. The zero-order valence-corrected chi connectivity index (χ0v) is 20.3. The molecule has 0 spiro atoms. The van der Waals surface area contributed by atoms with Crippen molar-refractivity contribution in [3.63, 3.8) is 0 Å². The van der Waals surface area contributed by atoms with Crippen LogP contribution < -0.4 is 20.1 Å². The summed E-state index contributed by atoms with van der Waals surface area (Å²) in [6, 6.07) is 0.265. The van der Waals surface area contributed by atoms with Crippen LogP contribution in [0.1, 0.15) is 12.0 Å². The number of benzene rings is 1. The third-order valence-electron chi connectivity index (χ3n) is 6.96. The van der Waals surface area contributed by atoms with Crippen LogP contribution >= 0.6 is 0 Å². The number of carbonyl (C=O) groups is 3. The third kappa shape index (κ3) is 5.68. The van der Waals surface area contributed by atoms with Crippen molar-refractivity contribution in [3.05, 3.63) is 41.1 Å². The van der Waals surface area contributed by atoms with Gasteiger partial charge < -0.3 is 60.4 Å². The Morgan fingerprint density at radius 3 is 2.46 bits per heavy atom. The number of aromatic hydroxyl groups is 1. The molecule has 15 nitrogen and oxygen atoms in total. The Bertz CT molecular complexity index is 1210. The molecule has 0 bridgehead atoms. The topological polar surface area (TPSA) is 251 Å². The van der Waals surface area contributed by atoms with E-state index < -0.39 is 73.1 Å². The maximum Gasteiger partial charge on any atom is 0.351 e. The summed E-state index contributed by atoms with van der Waals surface area (Å²) in [5.74, 6) is -4.69. The molecule has 1 aromatic carbocycles. The van der Waals surface area contributed by atoms with Gasteiger partial charge in [0, 0.05) is 24.5 Å². The zero-order valence-electron chi connectivity index (χ0n) is 20.3. The second-order valence-electron chi connectivity index (χ2n) is 9.48. The summed E-state index contributed by atoms with van der Waals surface area (Å²) in [6.45, 7) is -0.724. The number of aliphatic hydroxyl groups is 4. The highest BCUT2D eigenvalue weighted by molar-refractivity contribution is 5.89. The Kier molecular flexibility index (Phi) is 8.10. The van der Waals surface area contributed by atoms with E-state index in [4.69, 9.17) is 9.47 Å². The zero-order chi connectivity index (χ0) is 28.6. The van der Waals surface area contributed by atoms with Crippen molar-refractivity contribution in [3.8, 4) is 11.5 Å². The second-order valence-corrected chi connectivity index (χ2v) is 9.48. The number of nitrogens with one attached hydrogen (secondary N) is 2. The minimum Gasteiger partial charge on any atom is -0.544 e. The van der Waals surface area contributed by atoms with Gasteiger partial charge in [0.05, 0.1) is 6.61 Å². The van der Waals surface area contributed by atoms with Crippen molar-refractivity contribution in [1.82, 2.24) is 5.32 Å². The third-order valence-corrected chi connectivity index (χ3v) is 6.96. The molecule has 39 heavy (non-hydrogen) atoms. The van der Waals surface area contributed by atoms with Gasteiger partial charge in [-0.05, 0) is 23.8 Å². The average Bonchev–Trinajstić information content (AvgIpc) is 3.24. The van der Waals surface area contributed by atoms with E-state index in [-0.39, 0.29) is 30.8 Å². The summed E-state index contributed by atoms with van der Waals surface area (Å²) in [5, 5.41) is 83.1. The van der Waals surface area contributed by atoms with Crippen molar-refractivity contribution >= 4 is 23.6 Å². The Morgan fingerprint density at radius 2 is 1.85 bits per heavy atom. The maximum absolute atomic E-state index is 11.9. The smallest absolute Gasteiger partial charge is 0.351 e. The monoisotopic (exact) mass is 552 g/mol. The van der Waals surface area contributed by atoms with E-state index in [9.17, 15) is 55.2 Å². The molecule has 4 rings (SSSR count). The van der Waals surface area contributed by atoms with Gasteiger partial charge in [-0.3, -0.25) is 4.90 Å². The number of carboxylic acid groups (broad SMARTS) is 3. The van der Waals surface area contributed by atoms with Crippen LogP contribution in [-0.4, -0.2) is 110 Å². The van der Waals surface area contributed by atoms with Gasteiger partial charge in [-0.1, -0.05) is 0 Å². The summed E-state index contributed by atoms with van der Waals surface area (Å²) in [5.41, 5.74) is 0.831. The van der Waals surface area contributed by atoms with Crippen LogP contribution in [0, 0.1) is 0 Å². The predicted octanol–water partition coefficient (Wildman–Crippen LogP) is -4.90. The highest BCUT2D eigenvalue weighted by atomic mass is 16.7. The largest absolute Gasteiger partial charge is 0.544 e. The quantitative estimate of drug-likeness (QED) is 0.137. The molecule has 1 fully saturated rings. The summed E-state index contributed by atoms with van der Waals surface area (Å²) in [7, 11) is 0. The van der Waals surface area contributed by atoms with Crippen LogP contribution in [0.5, 0.6) is 11.5 Å². The molecule has 9 N–H and O–H groups in total. The highest BCUT2D eigenvalue weighted by Crippen LogP contribution is 2.36. The van der Waals surface area contributed by atoms with E-state index in [1.807, 2.05) is 0 Å². The molecular weight excluding hydrogens is 524 g/mol. The van der Waals surface area contributed by atoms with E-state index in [0.29, 0.717) is 21.7 Å². The van der Waals surface area contributed by atoms with Gasteiger partial charge in [0.15, 0.2) is 11.5 Å². The van der Waals surface area contributed by atoms with E-state index in [2.05, 4.69) is 5.32 Å². The molecule has 15 heteroatoms. The minimum absolute atomic E-state index is 0.0268.